The molecule has 2 N–H and O–H groups in total. The van der Waals surface area contributed by atoms with Crippen LogP contribution >= 0.6 is 12.4 Å². The second-order valence-electron chi connectivity index (χ2n) is 6.60. The lowest BCUT2D eigenvalue weighted by Gasteiger charge is -2.29. The van der Waals surface area contributed by atoms with Crippen LogP contribution in [0.2, 0.25) is 0 Å². The van der Waals surface area contributed by atoms with Crippen LogP contribution < -0.4 is 15.5 Å². The summed E-state index contributed by atoms with van der Waals surface area (Å²) in [4.78, 5) is 14.7. The van der Waals surface area contributed by atoms with Gasteiger partial charge >= 0.3 is 6.18 Å². The number of halogens is 4. The van der Waals surface area contributed by atoms with Crippen molar-refractivity contribution in [2.45, 2.75) is 6.18 Å². The summed E-state index contributed by atoms with van der Waals surface area (Å²) in [6.07, 6.45) is -2.92. The summed E-state index contributed by atoms with van der Waals surface area (Å²) in [7, 11) is 0. The lowest BCUT2D eigenvalue weighted by Crippen LogP contribution is -2.43. The van der Waals surface area contributed by atoms with Crippen molar-refractivity contribution in [1.82, 2.24) is 5.32 Å². The molecule has 154 valence electrons. The minimum Gasteiger partial charge on any atom is -0.462 e. The fraction of sp³-hybridized carbons (Fsp3) is 0.250. The number of amides is 1. The standard InChI is InChI=1S/C20H18F3N3O2.ClH/c21-20(22,23)15-3-1-2-14(10-15)19(27)25-16-11-13-4-9-28-18(13)17(12-16)26-7-5-24-6-8-26;/h1-4,9-12,24H,5-8H2,(H,25,27);1H. The van der Waals surface area contributed by atoms with E-state index in [1.54, 1.807) is 24.5 Å². The van der Waals surface area contributed by atoms with Gasteiger partial charge in [-0.3, -0.25) is 4.79 Å². The highest BCUT2D eigenvalue weighted by Gasteiger charge is 2.31. The Morgan fingerprint density at radius 3 is 2.59 bits per heavy atom. The molecule has 1 amide bonds. The number of hydrogen-bond donors (Lipinski definition) is 2. The third-order valence-corrected chi connectivity index (χ3v) is 4.70. The number of nitrogens with one attached hydrogen (secondary N) is 2. The number of benzene rings is 2. The van der Waals surface area contributed by atoms with E-state index in [-0.39, 0.29) is 18.0 Å². The summed E-state index contributed by atoms with van der Waals surface area (Å²) in [6, 6.07) is 9.71. The van der Waals surface area contributed by atoms with Crippen LogP contribution in [0.3, 0.4) is 0 Å². The first kappa shape index (κ1) is 21.0. The molecule has 2 aromatic carbocycles. The first-order valence-corrected chi connectivity index (χ1v) is 8.87. The summed E-state index contributed by atoms with van der Waals surface area (Å²) in [5, 5.41) is 6.80. The van der Waals surface area contributed by atoms with E-state index < -0.39 is 17.6 Å². The number of rotatable bonds is 3. The zero-order valence-electron chi connectivity index (χ0n) is 15.3. The number of furan rings is 1. The SMILES string of the molecule is Cl.O=C(Nc1cc(N2CCNCC2)c2occc2c1)c1cccc(C(F)(F)F)c1. The average Bonchev–Trinajstić information content (AvgIpc) is 3.16. The molecule has 1 fully saturated rings. The Hall–Kier alpha value is -2.71. The van der Waals surface area contributed by atoms with E-state index in [0.29, 0.717) is 5.69 Å². The molecule has 0 radical (unpaired) electrons. The number of anilines is 2. The fourth-order valence-corrected chi connectivity index (χ4v) is 3.32. The zero-order chi connectivity index (χ0) is 19.7. The van der Waals surface area contributed by atoms with Crippen molar-refractivity contribution in [3.05, 3.63) is 59.9 Å². The topological polar surface area (TPSA) is 57.5 Å². The molecular formula is C20H19ClF3N3O2. The zero-order valence-corrected chi connectivity index (χ0v) is 16.1. The van der Waals surface area contributed by atoms with Crippen molar-refractivity contribution >= 4 is 40.7 Å². The van der Waals surface area contributed by atoms with E-state index in [1.807, 2.05) is 0 Å². The van der Waals surface area contributed by atoms with Gasteiger partial charge in [-0.25, -0.2) is 0 Å². The highest BCUT2D eigenvalue weighted by Crippen LogP contribution is 2.33. The molecule has 1 aliphatic heterocycles. The summed E-state index contributed by atoms with van der Waals surface area (Å²) in [5.74, 6) is -0.597. The molecule has 5 nitrogen and oxygen atoms in total. The molecule has 0 saturated carbocycles. The van der Waals surface area contributed by atoms with Crippen LogP contribution in [0.1, 0.15) is 15.9 Å². The number of carbonyl (C=O) groups excluding carboxylic acids is 1. The van der Waals surface area contributed by atoms with Gasteiger partial charge in [-0.2, -0.15) is 13.2 Å². The van der Waals surface area contributed by atoms with Crippen molar-refractivity contribution in [3.8, 4) is 0 Å². The van der Waals surface area contributed by atoms with Crippen LogP contribution in [0, 0.1) is 0 Å². The Morgan fingerprint density at radius 1 is 1.10 bits per heavy atom. The second kappa shape index (κ2) is 8.34. The van der Waals surface area contributed by atoms with Crippen LogP contribution in [0.25, 0.3) is 11.0 Å². The van der Waals surface area contributed by atoms with E-state index in [4.69, 9.17) is 4.42 Å². The number of hydrogen-bond acceptors (Lipinski definition) is 4. The second-order valence-corrected chi connectivity index (χ2v) is 6.60. The maximum atomic E-state index is 12.9. The molecule has 29 heavy (non-hydrogen) atoms. The first-order chi connectivity index (χ1) is 13.4. The van der Waals surface area contributed by atoms with Gasteiger partial charge in [0.1, 0.15) is 0 Å². The Bertz CT molecular complexity index is 1010. The molecule has 1 aliphatic rings. The van der Waals surface area contributed by atoms with E-state index in [1.165, 1.54) is 12.1 Å². The maximum absolute atomic E-state index is 12.9. The van der Waals surface area contributed by atoms with Gasteiger partial charge in [0, 0.05) is 42.8 Å². The Labute approximate surface area is 171 Å². The van der Waals surface area contributed by atoms with Crippen LogP contribution in [0.15, 0.2) is 53.1 Å². The average molecular weight is 426 g/mol. The van der Waals surface area contributed by atoms with Gasteiger partial charge in [0.15, 0.2) is 5.58 Å². The van der Waals surface area contributed by atoms with E-state index >= 15 is 0 Å². The molecular weight excluding hydrogens is 407 g/mol. The van der Waals surface area contributed by atoms with Crippen molar-refractivity contribution < 1.29 is 22.4 Å². The van der Waals surface area contributed by atoms with Gasteiger partial charge < -0.3 is 20.0 Å². The first-order valence-electron chi connectivity index (χ1n) is 8.87. The van der Waals surface area contributed by atoms with E-state index in [0.717, 1.165) is 55.0 Å². The van der Waals surface area contributed by atoms with Crippen molar-refractivity contribution in [1.29, 1.82) is 0 Å². The van der Waals surface area contributed by atoms with E-state index in [2.05, 4.69) is 15.5 Å². The van der Waals surface area contributed by atoms with Gasteiger partial charge in [-0.1, -0.05) is 6.07 Å². The highest BCUT2D eigenvalue weighted by atomic mass is 35.5. The Balaban J connectivity index is 0.00000240. The third kappa shape index (κ3) is 4.49. The molecule has 0 atom stereocenters. The molecule has 4 rings (SSSR count). The molecule has 0 spiro atoms. The predicted octanol–water partition coefficient (Wildman–Crippen LogP) is 4.54. The van der Waals surface area contributed by atoms with Crippen molar-refractivity contribution in [2.75, 3.05) is 36.4 Å². The van der Waals surface area contributed by atoms with Gasteiger partial charge in [0.2, 0.25) is 0 Å². The van der Waals surface area contributed by atoms with Crippen LogP contribution in [-0.2, 0) is 6.18 Å². The van der Waals surface area contributed by atoms with E-state index in [9.17, 15) is 18.0 Å². The number of fused-ring (bicyclic) bond motifs is 1. The summed E-state index contributed by atoms with van der Waals surface area (Å²) in [6.45, 7) is 3.26. The normalized spacial score (nSPS) is 14.5. The molecule has 0 bridgehead atoms. The lowest BCUT2D eigenvalue weighted by molar-refractivity contribution is -0.137. The molecule has 9 heteroatoms. The van der Waals surface area contributed by atoms with Crippen LogP contribution in [0.4, 0.5) is 24.5 Å². The summed E-state index contributed by atoms with van der Waals surface area (Å²) >= 11 is 0. The van der Waals surface area contributed by atoms with Gasteiger partial charge in [-0.05, 0) is 36.4 Å². The molecule has 1 saturated heterocycles. The van der Waals surface area contributed by atoms with Gasteiger partial charge in [0.25, 0.3) is 5.91 Å². The molecule has 0 unspecified atom stereocenters. The number of alkyl halides is 3. The molecule has 2 heterocycles. The fourth-order valence-electron chi connectivity index (χ4n) is 3.32. The number of nitrogens with zero attached hydrogens (tertiary/aromatic N) is 1. The Morgan fingerprint density at radius 2 is 1.86 bits per heavy atom. The largest absolute Gasteiger partial charge is 0.462 e. The highest BCUT2D eigenvalue weighted by molar-refractivity contribution is 6.06. The smallest absolute Gasteiger partial charge is 0.416 e. The number of carbonyl (C=O) groups is 1. The predicted molar refractivity (Wildman–Crippen MR) is 108 cm³/mol. The third-order valence-electron chi connectivity index (χ3n) is 4.70. The number of piperazine rings is 1. The molecule has 0 aliphatic carbocycles. The lowest BCUT2D eigenvalue weighted by atomic mass is 10.1. The van der Waals surface area contributed by atoms with Gasteiger partial charge in [-0.15, -0.1) is 12.4 Å². The quantitative estimate of drug-likeness (QED) is 0.647. The minimum absolute atomic E-state index is 0. The van der Waals surface area contributed by atoms with Crippen molar-refractivity contribution in [2.24, 2.45) is 0 Å². The monoisotopic (exact) mass is 425 g/mol. The Kier molecular flexibility index (Phi) is 6.04. The van der Waals surface area contributed by atoms with Gasteiger partial charge in [0.05, 0.1) is 17.5 Å². The molecule has 3 aromatic rings. The maximum Gasteiger partial charge on any atom is 0.416 e. The van der Waals surface area contributed by atoms with Crippen LogP contribution in [0.5, 0.6) is 0 Å². The molecule has 1 aromatic heterocycles. The summed E-state index contributed by atoms with van der Waals surface area (Å²) in [5.41, 5.74) is 1.17. The minimum atomic E-state index is -4.50. The van der Waals surface area contributed by atoms with Crippen LogP contribution in [-0.4, -0.2) is 32.1 Å². The summed E-state index contributed by atoms with van der Waals surface area (Å²) < 4.78 is 44.3. The van der Waals surface area contributed by atoms with Crippen molar-refractivity contribution in [3.63, 3.8) is 0 Å².